The summed E-state index contributed by atoms with van der Waals surface area (Å²) >= 11 is 0. The molecule has 30 heavy (non-hydrogen) atoms. The van der Waals surface area contributed by atoms with Crippen molar-refractivity contribution >= 4 is 23.7 Å². The number of hydrogen-bond donors (Lipinski definition) is 0. The molecule has 1 saturated heterocycles. The molecule has 9 nitrogen and oxygen atoms in total. The van der Waals surface area contributed by atoms with Crippen LogP contribution in [0.5, 0.6) is 0 Å². The lowest BCUT2D eigenvalue weighted by Gasteiger charge is -2.36. The van der Waals surface area contributed by atoms with Gasteiger partial charge in [0.25, 0.3) is 0 Å². The molecule has 156 valence electrons. The van der Waals surface area contributed by atoms with Crippen molar-refractivity contribution in [3.63, 3.8) is 0 Å². The summed E-state index contributed by atoms with van der Waals surface area (Å²) in [6, 6.07) is 8.91. The molecule has 2 aliphatic rings. The van der Waals surface area contributed by atoms with E-state index in [4.69, 9.17) is 0 Å². The van der Waals surface area contributed by atoms with Crippen molar-refractivity contribution < 1.29 is 14.5 Å². The summed E-state index contributed by atoms with van der Waals surface area (Å²) in [4.78, 5) is 38.9. The molecule has 2 amide bonds. The SMILES string of the molecule is CC(=O)N1C=Cc2ccccc2C1CC(=O)N1CCC(n2ccc([N+](=O)[O-])n2)CC1. The van der Waals surface area contributed by atoms with Crippen LogP contribution in [0.15, 0.2) is 42.7 Å². The first-order chi connectivity index (χ1) is 14.4. The molecule has 0 aliphatic carbocycles. The third-order valence-electron chi connectivity index (χ3n) is 5.81. The van der Waals surface area contributed by atoms with Crippen LogP contribution in [0.25, 0.3) is 6.08 Å². The molecule has 0 radical (unpaired) electrons. The Labute approximate surface area is 173 Å². The highest BCUT2D eigenvalue weighted by Crippen LogP contribution is 2.34. The number of fused-ring (bicyclic) bond motifs is 1. The van der Waals surface area contributed by atoms with Gasteiger partial charge in [-0.15, -0.1) is 0 Å². The lowest BCUT2D eigenvalue weighted by Crippen LogP contribution is -2.41. The Morgan fingerprint density at radius 2 is 1.93 bits per heavy atom. The molecule has 4 rings (SSSR count). The first-order valence-electron chi connectivity index (χ1n) is 9.97. The van der Waals surface area contributed by atoms with Gasteiger partial charge in [0.2, 0.25) is 11.8 Å². The predicted octanol–water partition coefficient (Wildman–Crippen LogP) is 2.92. The van der Waals surface area contributed by atoms with Gasteiger partial charge in [0.05, 0.1) is 35.9 Å². The first-order valence-corrected chi connectivity index (χ1v) is 9.97. The number of piperidine rings is 1. The normalized spacial score (nSPS) is 18.9. The zero-order valence-corrected chi connectivity index (χ0v) is 16.7. The molecule has 1 unspecified atom stereocenters. The Morgan fingerprint density at radius 1 is 1.20 bits per heavy atom. The van der Waals surface area contributed by atoms with Crippen molar-refractivity contribution in [2.75, 3.05) is 13.1 Å². The van der Waals surface area contributed by atoms with Crippen molar-refractivity contribution in [2.45, 2.75) is 38.3 Å². The molecular formula is C21H23N5O4. The van der Waals surface area contributed by atoms with Gasteiger partial charge in [-0.25, -0.2) is 0 Å². The maximum atomic E-state index is 13.0. The van der Waals surface area contributed by atoms with E-state index in [1.807, 2.05) is 35.2 Å². The Morgan fingerprint density at radius 3 is 2.60 bits per heavy atom. The number of nitro groups is 1. The molecule has 9 heteroatoms. The first kappa shape index (κ1) is 19.8. The van der Waals surface area contributed by atoms with Gasteiger partial charge in [-0.3, -0.25) is 9.59 Å². The Balaban J connectivity index is 1.42. The predicted molar refractivity (Wildman–Crippen MR) is 109 cm³/mol. The molecule has 2 aliphatic heterocycles. The van der Waals surface area contributed by atoms with Crippen molar-refractivity contribution in [1.29, 1.82) is 0 Å². The minimum atomic E-state index is -0.508. The van der Waals surface area contributed by atoms with Gasteiger partial charge in [-0.05, 0) is 35.0 Å². The van der Waals surface area contributed by atoms with E-state index >= 15 is 0 Å². The van der Waals surface area contributed by atoms with Crippen molar-refractivity contribution in [3.8, 4) is 0 Å². The van der Waals surface area contributed by atoms with Crippen molar-refractivity contribution in [1.82, 2.24) is 19.6 Å². The zero-order chi connectivity index (χ0) is 21.3. The fourth-order valence-electron chi connectivity index (χ4n) is 4.22. The number of likely N-dealkylation sites (tertiary alicyclic amines) is 1. The Hall–Kier alpha value is -3.49. The molecular weight excluding hydrogens is 386 g/mol. The second-order valence-electron chi connectivity index (χ2n) is 7.61. The van der Waals surface area contributed by atoms with E-state index in [1.54, 1.807) is 22.0 Å². The van der Waals surface area contributed by atoms with Crippen LogP contribution in [-0.4, -0.2) is 49.4 Å². The van der Waals surface area contributed by atoms with Gasteiger partial charge in [-0.1, -0.05) is 24.3 Å². The van der Waals surface area contributed by atoms with E-state index in [-0.39, 0.29) is 36.1 Å². The van der Waals surface area contributed by atoms with E-state index in [0.717, 1.165) is 11.1 Å². The van der Waals surface area contributed by atoms with Gasteiger partial charge in [-0.2, -0.15) is 4.68 Å². The van der Waals surface area contributed by atoms with Crippen LogP contribution >= 0.6 is 0 Å². The fraction of sp³-hybridized carbons (Fsp3) is 0.381. The molecule has 1 aromatic heterocycles. The van der Waals surface area contributed by atoms with Gasteiger partial charge in [0.1, 0.15) is 0 Å². The van der Waals surface area contributed by atoms with Crippen molar-refractivity contribution in [2.24, 2.45) is 0 Å². The van der Waals surface area contributed by atoms with Crippen LogP contribution in [0, 0.1) is 10.1 Å². The van der Waals surface area contributed by atoms with Crippen LogP contribution in [-0.2, 0) is 9.59 Å². The number of nitrogens with zero attached hydrogens (tertiary/aromatic N) is 5. The molecule has 0 saturated carbocycles. The summed E-state index contributed by atoms with van der Waals surface area (Å²) in [6.45, 7) is 2.62. The van der Waals surface area contributed by atoms with Crippen molar-refractivity contribution in [3.05, 3.63) is 64.0 Å². The highest BCUT2D eigenvalue weighted by molar-refractivity contribution is 5.82. The van der Waals surface area contributed by atoms with Crippen LogP contribution in [0.3, 0.4) is 0 Å². The molecule has 3 heterocycles. The summed E-state index contributed by atoms with van der Waals surface area (Å²) < 4.78 is 1.62. The molecule has 1 aromatic carbocycles. The highest BCUT2D eigenvalue weighted by Gasteiger charge is 2.32. The fourth-order valence-corrected chi connectivity index (χ4v) is 4.22. The van der Waals surface area contributed by atoms with E-state index < -0.39 is 4.92 Å². The quantitative estimate of drug-likeness (QED) is 0.571. The second kappa shape index (κ2) is 8.10. The molecule has 0 N–H and O–H groups in total. The van der Waals surface area contributed by atoms with Crippen LogP contribution in [0.1, 0.15) is 49.4 Å². The lowest BCUT2D eigenvalue weighted by atomic mass is 9.93. The van der Waals surface area contributed by atoms with Gasteiger partial charge in [0, 0.05) is 26.2 Å². The third kappa shape index (κ3) is 3.83. The third-order valence-corrected chi connectivity index (χ3v) is 5.81. The van der Waals surface area contributed by atoms with Gasteiger partial charge >= 0.3 is 5.82 Å². The van der Waals surface area contributed by atoms with E-state index in [0.29, 0.717) is 25.9 Å². The highest BCUT2D eigenvalue weighted by atomic mass is 16.6. The maximum absolute atomic E-state index is 13.0. The summed E-state index contributed by atoms with van der Waals surface area (Å²) in [6.07, 6.45) is 6.85. The van der Waals surface area contributed by atoms with Crippen LogP contribution < -0.4 is 0 Å². The lowest BCUT2D eigenvalue weighted by molar-refractivity contribution is -0.389. The monoisotopic (exact) mass is 409 g/mol. The molecule has 0 bridgehead atoms. The average Bonchev–Trinajstić information content (AvgIpc) is 3.24. The molecule has 1 atom stereocenters. The van der Waals surface area contributed by atoms with Gasteiger partial charge in [0.15, 0.2) is 0 Å². The van der Waals surface area contributed by atoms with E-state index in [2.05, 4.69) is 5.10 Å². The number of benzene rings is 1. The summed E-state index contributed by atoms with van der Waals surface area (Å²) in [5.74, 6) is -0.263. The number of carbonyl (C=O) groups excluding carboxylic acids is 2. The number of carbonyl (C=O) groups is 2. The number of hydrogen-bond acceptors (Lipinski definition) is 5. The van der Waals surface area contributed by atoms with Crippen LogP contribution in [0.2, 0.25) is 0 Å². The van der Waals surface area contributed by atoms with Gasteiger partial charge < -0.3 is 19.9 Å². The second-order valence-corrected chi connectivity index (χ2v) is 7.61. The van der Waals surface area contributed by atoms with E-state index in [1.165, 1.54) is 13.0 Å². The Bertz CT molecular complexity index is 1010. The summed E-state index contributed by atoms with van der Waals surface area (Å²) in [7, 11) is 0. The van der Waals surface area contributed by atoms with Crippen LogP contribution in [0.4, 0.5) is 5.82 Å². The largest absolute Gasteiger partial charge is 0.389 e. The topological polar surface area (TPSA) is 102 Å². The minimum Gasteiger partial charge on any atom is -0.358 e. The number of rotatable bonds is 4. The minimum absolute atomic E-state index is 0.00116. The van der Waals surface area contributed by atoms with E-state index in [9.17, 15) is 19.7 Å². The summed E-state index contributed by atoms with van der Waals surface area (Å²) in [5, 5.41) is 14.8. The standard InChI is InChI=1S/C21H23N5O4/c1-15(27)24-12-6-16-4-2-3-5-18(16)19(24)14-21(28)23-10-7-17(8-11-23)25-13-9-20(22-25)26(29)30/h2-6,9,12-13,17,19H,7-8,10-11,14H2,1H3. The summed E-state index contributed by atoms with van der Waals surface area (Å²) in [5.41, 5.74) is 1.99. The zero-order valence-electron chi connectivity index (χ0n) is 16.7. The Kier molecular flexibility index (Phi) is 5.35. The maximum Gasteiger partial charge on any atom is 0.389 e. The number of amides is 2. The average molecular weight is 409 g/mol. The smallest absolute Gasteiger partial charge is 0.358 e. The number of aromatic nitrogens is 2. The molecule has 2 aromatic rings. The molecule has 0 spiro atoms. The molecule has 1 fully saturated rings.